The van der Waals surface area contributed by atoms with Gasteiger partial charge in [-0.3, -0.25) is 25.2 Å². The van der Waals surface area contributed by atoms with Crippen LogP contribution in [0.15, 0.2) is 36.4 Å². The Hall–Kier alpha value is -3.09. The molecule has 1 heterocycles. The van der Waals surface area contributed by atoms with Gasteiger partial charge in [-0.05, 0) is 41.7 Å². The number of phenolic OH excluding ortho intramolecular Hbond substituents is 1. The highest BCUT2D eigenvalue weighted by atomic mass is 16.3. The summed E-state index contributed by atoms with van der Waals surface area (Å²) in [7, 11) is 0. The molecule has 4 rings (SSSR count). The van der Waals surface area contributed by atoms with Crippen molar-refractivity contribution in [3.63, 3.8) is 0 Å². The maximum Gasteiger partial charge on any atom is 0.273 e. The van der Waals surface area contributed by atoms with Crippen LogP contribution in [-0.4, -0.2) is 40.8 Å². The third-order valence-corrected chi connectivity index (χ3v) is 5.17. The van der Waals surface area contributed by atoms with Crippen LogP contribution in [0, 0.1) is 11.8 Å². The topological polar surface area (TPSA) is 98.7 Å². The minimum atomic E-state index is -0.606. The monoisotopic (exact) mass is 367 g/mol. The van der Waals surface area contributed by atoms with E-state index in [4.69, 9.17) is 0 Å². The second kappa shape index (κ2) is 6.90. The van der Waals surface area contributed by atoms with Crippen molar-refractivity contribution >= 4 is 28.5 Å². The molecule has 2 aromatic carbocycles. The summed E-state index contributed by atoms with van der Waals surface area (Å²) in [5.41, 5.74) is 4.79. The van der Waals surface area contributed by atoms with E-state index in [2.05, 4.69) is 10.9 Å². The van der Waals surface area contributed by atoms with E-state index in [1.807, 2.05) is 24.3 Å². The first-order chi connectivity index (χ1) is 13.0. The molecule has 1 unspecified atom stereocenters. The molecule has 0 aromatic heterocycles. The number of hydrogen-bond acceptors (Lipinski definition) is 4. The molecule has 2 aromatic rings. The van der Waals surface area contributed by atoms with Gasteiger partial charge in [-0.25, -0.2) is 0 Å². The molecule has 1 aliphatic carbocycles. The van der Waals surface area contributed by atoms with Gasteiger partial charge in [0.15, 0.2) is 0 Å². The van der Waals surface area contributed by atoms with Crippen molar-refractivity contribution in [2.24, 2.45) is 11.8 Å². The van der Waals surface area contributed by atoms with Gasteiger partial charge >= 0.3 is 0 Å². The zero-order valence-electron chi connectivity index (χ0n) is 14.8. The first-order valence-corrected chi connectivity index (χ1v) is 9.11. The normalized spacial score (nSPS) is 19.3. The summed E-state index contributed by atoms with van der Waals surface area (Å²) in [6.07, 6.45) is 2.45. The molecule has 0 spiro atoms. The summed E-state index contributed by atoms with van der Waals surface area (Å²) in [5.74, 6) is -1.07. The van der Waals surface area contributed by atoms with Crippen molar-refractivity contribution in [3.8, 4) is 5.75 Å². The summed E-state index contributed by atoms with van der Waals surface area (Å²) in [4.78, 5) is 38.4. The van der Waals surface area contributed by atoms with Crippen LogP contribution in [0.1, 0.15) is 29.6 Å². The smallest absolute Gasteiger partial charge is 0.273 e. The Balaban J connectivity index is 1.37. The molecule has 27 heavy (non-hydrogen) atoms. The Bertz CT molecular complexity index is 923. The number of nitrogens with zero attached hydrogens (tertiary/aromatic N) is 1. The van der Waals surface area contributed by atoms with Gasteiger partial charge in [0.25, 0.3) is 5.91 Å². The van der Waals surface area contributed by atoms with Crippen LogP contribution >= 0.6 is 0 Å². The minimum absolute atomic E-state index is 0.0134. The minimum Gasteiger partial charge on any atom is -0.507 e. The third kappa shape index (κ3) is 3.72. The Morgan fingerprint density at radius 2 is 1.81 bits per heavy atom. The summed E-state index contributed by atoms with van der Waals surface area (Å²) >= 11 is 0. The first-order valence-electron chi connectivity index (χ1n) is 9.11. The van der Waals surface area contributed by atoms with E-state index < -0.39 is 17.7 Å². The van der Waals surface area contributed by atoms with Crippen molar-refractivity contribution in [1.82, 2.24) is 15.8 Å². The molecule has 1 saturated heterocycles. The highest BCUT2D eigenvalue weighted by molar-refractivity contribution is 6.02. The quantitative estimate of drug-likeness (QED) is 0.714. The number of likely N-dealkylation sites (tertiary alicyclic amines) is 1. The molecule has 2 aliphatic rings. The average molecular weight is 367 g/mol. The molecule has 2 fully saturated rings. The highest BCUT2D eigenvalue weighted by Gasteiger charge is 2.37. The Labute approximate surface area is 156 Å². The number of nitrogens with one attached hydrogen (secondary N) is 2. The van der Waals surface area contributed by atoms with E-state index in [9.17, 15) is 19.5 Å². The molecular formula is C20H21N3O4. The highest BCUT2D eigenvalue weighted by Crippen LogP contribution is 2.32. The number of hydrazine groups is 1. The number of benzene rings is 2. The van der Waals surface area contributed by atoms with Crippen molar-refractivity contribution < 1.29 is 19.5 Å². The second-order valence-corrected chi connectivity index (χ2v) is 7.30. The zero-order valence-corrected chi connectivity index (χ0v) is 14.8. The predicted molar refractivity (Wildman–Crippen MR) is 98.6 cm³/mol. The molecule has 1 saturated carbocycles. The predicted octanol–water partition coefficient (Wildman–Crippen LogP) is 1.56. The van der Waals surface area contributed by atoms with E-state index in [0.29, 0.717) is 12.5 Å². The van der Waals surface area contributed by atoms with E-state index >= 15 is 0 Å². The molecule has 0 radical (unpaired) electrons. The lowest BCUT2D eigenvalue weighted by atomic mass is 10.1. The average Bonchev–Trinajstić information content (AvgIpc) is 3.40. The number of carbonyl (C=O) groups is 3. The number of aromatic hydroxyl groups is 1. The van der Waals surface area contributed by atoms with Crippen LogP contribution < -0.4 is 10.9 Å². The van der Waals surface area contributed by atoms with Gasteiger partial charge < -0.3 is 10.0 Å². The summed E-state index contributed by atoms with van der Waals surface area (Å²) in [5, 5.41) is 11.7. The van der Waals surface area contributed by atoms with E-state index in [-0.39, 0.29) is 23.6 Å². The molecule has 0 bridgehead atoms. The molecule has 1 aliphatic heterocycles. The van der Waals surface area contributed by atoms with Gasteiger partial charge in [-0.2, -0.15) is 0 Å². The van der Waals surface area contributed by atoms with Crippen LogP contribution in [0.4, 0.5) is 0 Å². The van der Waals surface area contributed by atoms with Crippen molar-refractivity contribution in [2.75, 3.05) is 13.1 Å². The molecule has 7 heteroatoms. The fraction of sp³-hybridized carbons (Fsp3) is 0.350. The van der Waals surface area contributed by atoms with Crippen LogP contribution in [0.2, 0.25) is 0 Å². The fourth-order valence-corrected chi connectivity index (χ4v) is 3.43. The standard InChI is InChI=1S/C20H21N3O4/c24-17-8-14-4-2-1-3-13(14)7-16(17)20(27)22-21-19(26)15-9-18(25)23(11-15)10-12-5-6-12/h1-4,7-8,12,15,24H,5-6,9-11H2,(H,21,26)(H,22,27). The van der Waals surface area contributed by atoms with Crippen molar-refractivity contribution in [3.05, 3.63) is 42.0 Å². The molecular weight excluding hydrogens is 346 g/mol. The number of carbonyl (C=O) groups excluding carboxylic acids is 3. The molecule has 3 N–H and O–H groups in total. The maximum atomic E-state index is 12.3. The number of amides is 3. The Morgan fingerprint density at radius 1 is 1.11 bits per heavy atom. The maximum absolute atomic E-state index is 12.3. The van der Waals surface area contributed by atoms with Crippen LogP contribution in [-0.2, 0) is 9.59 Å². The van der Waals surface area contributed by atoms with Crippen LogP contribution in [0.25, 0.3) is 10.8 Å². The van der Waals surface area contributed by atoms with Gasteiger partial charge in [-0.15, -0.1) is 0 Å². The van der Waals surface area contributed by atoms with E-state index in [1.165, 1.54) is 6.07 Å². The summed E-state index contributed by atoms with van der Waals surface area (Å²) in [6, 6.07) is 10.4. The number of fused-ring (bicyclic) bond motifs is 1. The SMILES string of the molecule is O=C(NNC(=O)C1CC(=O)N(CC2CC2)C1)c1cc2ccccc2cc1O. The fourth-order valence-electron chi connectivity index (χ4n) is 3.43. The van der Waals surface area contributed by atoms with Gasteiger partial charge in [0.2, 0.25) is 11.8 Å². The Morgan fingerprint density at radius 3 is 2.52 bits per heavy atom. The summed E-state index contributed by atoms with van der Waals surface area (Å²) < 4.78 is 0. The largest absolute Gasteiger partial charge is 0.507 e. The van der Waals surface area contributed by atoms with Gasteiger partial charge in [0.1, 0.15) is 5.75 Å². The van der Waals surface area contributed by atoms with E-state index in [1.54, 1.807) is 11.0 Å². The molecule has 140 valence electrons. The lowest BCUT2D eigenvalue weighted by Gasteiger charge is -2.16. The third-order valence-electron chi connectivity index (χ3n) is 5.17. The summed E-state index contributed by atoms with van der Waals surface area (Å²) in [6.45, 7) is 1.11. The van der Waals surface area contributed by atoms with Gasteiger partial charge in [-0.1, -0.05) is 24.3 Å². The lowest BCUT2D eigenvalue weighted by molar-refractivity contribution is -0.129. The molecule has 3 amide bonds. The Kier molecular flexibility index (Phi) is 4.43. The lowest BCUT2D eigenvalue weighted by Crippen LogP contribution is -2.45. The van der Waals surface area contributed by atoms with Crippen molar-refractivity contribution in [2.45, 2.75) is 19.3 Å². The second-order valence-electron chi connectivity index (χ2n) is 7.30. The van der Waals surface area contributed by atoms with Crippen LogP contribution in [0.5, 0.6) is 5.75 Å². The van der Waals surface area contributed by atoms with Gasteiger partial charge in [0.05, 0.1) is 11.5 Å². The first kappa shape index (κ1) is 17.3. The number of hydrogen-bond donors (Lipinski definition) is 3. The van der Waals surface area contributed by atoms with Crippen LogP contribution in [0.3, 0.4) is 0 Å². The van der Waals surface area contributed by atoms with Crippen molar-refractivity contribution in [1.29, 1.82) is 0 Å². The number of phenols is 1. The number of rotatable bonds is 4. The molecule has 1 atom stereocenters. The molecule has 7 nitrogen and oxygen atoms in total. The van der Waals surface area contributed by atoms with E-state index in [0.717, 1.165) is 30.2 Å². The zero-order chi connectivity index (χ0) is 19.0. The van der Waals surface area contributed by atoms with Gasteiger partial charge in [0, 0.05) is 19.5 Å².